The molecular formula is C23H19ClN2O. The van der Waals surface area contributed by atoms with E-state index in [-0.39, 0.29) is 5.56 Å². The molecule has 0 unspecified atom stereocenters. The van der Waals surface area contributed by atoms with E-state index in [1.54, 1.807) is 10.6 Å². The van der Waals surface area contributed by atoms with Crippen LogP contribution in [0.1, 0.15) is 16.8 Å². The van der Waals surface area contributed by atoms with Crippen molar-refractivity contribution in [1.82, 2.24) is 9.55 Å². The Balaban J connectivity index is 1.77. The van der Waals surface area contributed by atoms with Gasteiger partial charge in [-0.2, -0.15) is 0 Å². The molecule has 4 aromatic rings. The summed E-state index contributed by atoms with van der Waals surface area (Å²) in [4.78, 5) is 17.8. The van der Waals surface area contributed by atoms with Gasteiger partial charge in [0.15, 0.2) is 0 Å². The smallest absolute Gasteiger partial charge is 0.273 e. The summed E-state index contributed by atoms with van der Waals surface area (Å²) in [5.74, 6) is 0. The van der Waals surface area contributed by atoms with Gasteiger partial charge in [0.05, 0.1) is 17.6 Å². The molecule has 0 spiro atoms. The Morgan fingerprint density at radius 1 is 0.815 bits per heavy atom. The third kappa shape index (κ3) is 3.93. The van der Waals surface area contributed by atoms with E-state index in [2.05, 4.69) is 17.1 Å². The van der Waals surface area contributed by atoms with E-state index >= 15 is 0 Å². The first kappa shape index (κ1) is 17.5. The van der Waals surface area contributed by atoms with Crippen molar-refractivity contribution in [3.63, 3.8) is 0 Å². The predicted molar refractivity (Wildman–Crippen MR) is 110 cm³/mol. The van der Waals surface area contributed by atoms with Gasteiger partial charge in [-0.25, -0.2) is 4.98 Å². The molecule has 4 rings (SSSR count). The summed E-state index contributed by atoms with van der Waals surface area (Å²) in [7, 11) is 0. The lowest BCUT2D eigenvalue weighted by molar-refractivity contribution is 0.755. The quantitative estimate of drug-likeness (QED) is 0.499. The molecule has 0 saturated carbocycles. The van der Waals surface area contributed by atoms with Gasteiger partial charge in [0, 0.05) is 5.02 Å². The van der Waals surface area contributed by atoms with Crippen molar-refractivity contribution >= 4 is 22.6 Å². The minimum absolute atomic E-state index is 0.0374. The second kappa shape index (κ2) is 7.77. The van der Waals surface area contributed by atoms with Crippen LogP contribution < -0.4 is 5.56 Å². The number of halogens is 1. The van der Waals surface area contributed by atoms with Crippen LogP contribution in [0.5, 0.6) is 0 Å². The van der Waals surface area contributed by atoms with Gasteiger partial charge in [0.25, 0.3) is 5.56 Å². The van der Waals surface area contributed by atoms with Gasteiger partial charge in [-0.05, 0) is 42.2 Å². The Kier molecular flexibility index (Phi) is 5.03. The predicted octanol–water partition coefficient (Wildman–Crippen LogP) is 4.88. The highest BCUT2D eigenvalue weighted by Crippen LogP contribution is 2.18. The van der Waals surface area contributed by atoms with Crippen LogP contribution in [0.2, 0.25) is 5.02 Å². The van der Waals surface area contributed by atoms with Gasteiger partial charge in [-0.3, -0.25) is 4.79 Å². The summed E-state index contributed by atoms with van der Waals surface area (Å²) in [6.07, 6.45) is 1.38. The van der Waals surface area contributed by atoms with Gasteiger partial charge in [-0.1, -0.05) is 72.3 Å². The number of rotatable bonds is 5. The molecule has 134 valence electrons. The van der Waals surface area contributed by atoms with E-state index in [1.807, 2.05) is 60.7 Å². The van der Waals surface area contributed by atoms with Crippen LogP contribution in [0.3, 0.4) is 0 Å². The molecule has 1 heterocycles. The molecular weight excluding hydrogens is 356 g/mol. The minimum Gasteiger partial charge on any atom is -0.301 e. The number of hydrogen-bond donors (Lipinski definition) is 0. The molecule has 0 amide bonds. The highest BCUT2D eigenvalue weighted by molar-refractivity contribution is 6.31. The highest BCUT2D eigenvalue weighted by Gasteiger charge is 2.12. The summed E-state index contributed by atoms with van der Waals surface area (Å²) in [5.41, 5.74) is 4.36. The van der Waals surface area contributed by atoms with Gasteiger partial charge in [0.1, 0.15) is 5.69 Å². The Hall–Kier alpha value is -2.91. The van der Waals surface area contributed by atoms with E-state index in [4.69, 9.17) is 11.6 Å². The lowest BCUT2D eigenvalue weighted by Crippen LogP contribution is -2.26. The lowest BCUT2D eigenvalue weighted by Gasteiger charge is -2.13. The zero-order valence-electron chi connectivity index (χ0n) is 14.8. The molecule has 3 nitrogen and oxygen atoms in total. The number of aromatic nitrogens is 2. The molecule has 0 aliphatic heterocycles. The maximum absolute atomic E-state index is 13.2. The number of hydrogen-bond acceptors (Lipinski definition) is 2. The maximum Gasteiger partial charge on any atom is 0.273 e. The molecule has 0 aliphatic carbocycles. The number of nitrogens with zero attached hydrogens (tertiary/aromatic N) is 2. The first-order valence-corrected chi connectivity index (χ1v) is 9.35. The second-order valence-corrected chi connectivity index (χ2v) is 6.99. The van der Waals surface area contributed by atoms with Crippen molar-refractivity contribution in [2.24, 2.45) is 0 Å². The monoisotopic (exact) mass is 374 g/mol. The third-order valence-electron chi connectivity index (χ3n) is 4.65. The minimum atomic E-state index is -0.0374. The molecule has 0 N–H and O–H groups in total. The zero-order valence-corrected chi connectivity index (χ0v) is 15.6. The number of aryl methyl sites for hydroxylation is 2. The van der Waals surface area contributed by atoms with Crippen LogP contribution in [0.25, 0.3) is 11.0 Å². The fourth-order valence-corrected chi connectivity index (χ4v) is 3.43. The molecule has 0 atom stereocenters. The van der Waals surface area contributed by atoms with E-state index in [9.17, 15) is 4.79 Å². The van der Waals surface area contributed by atoms with Crippen molar-refractivity contribution in [3.05, 3.63) is 111 Å². The van der Waals surface area contributed by atoms with Crippen LogP contribution in [0.15, 0.2) is 83.7 Å². The lowest BCUT2D eigenvalue weighted by atomic mass is 10.1. The van der Waals surface area contributed by atoms with Crippen LogP contribution in [0, 0.1) is 0 Å². The fraction of sp³-hybridized carbons (Fsp3) is 0.130. The van der Waals surface area contributed by atoms with Crippen molar-refractivity contribution in [3.8, 4) is 0 Å². The average molecular weight is 375 g/mol. The normalized spacial score (nSPS) is 11.0. The molecule has 0 aliphatic rings. The largest absolute Gasteiger partial charge is 0.301 e. The average Bonchev–Trinajstić information content (AvgIpc) is 2.70. The molecule has 0 saturated heterocycles. The van der Waals surface area contributed by atoms with Crippen LogP contribution >= 0.6 is 11.6 Å². The molecule has 0 fully saturated rings. The summed E-state index contributed by atoms with van der Waals surface area (Å²) in [6, 6.07) is 25.6. The molecule has 4 heteroatoms. The van der Waals surface area contributed by atoms with Crippen molar-refractivity contribution in [2.45, 2.75) is 19.4 Å². The molecule has 27 heavy (non-hydrogen) atoms. The Bertz CT molecular complexity index is 1120. The number of fused-ring (bicyclic) bond motifs is 1. The van der Waals surface area contributed by atoms with Crippen LogP contribution in [-0.2, 0) is 19.4 Å². The van der Waals surface area contributed by atoms with Gasteiger partial charge < -0.3 is 4.57 Å². The van der Waals surface area contributed by atoms with Gasteiger partial charge >= 0.3 is 0 Å². The van der Waals surface area contributed by atoms with Crippen molar-refractivity contribution < 1.29 is 0 Å². The first-order valence-electron chi connectivity index (χ1n) is 8.97. The van der Waals surface area contributed by atoms with E-state index in [0.717, 1.165) is 23.0 Å². The highest BCUT2D eigenvalue weighted by atomic mass is 35.5. The van der Waals surface area contributed by atoms with Crippen LogP contribution in [0.4, 0.5) is 0 Å². The second-order valence-electron chi connectivity index (χ2n) is 6.55. The van der Waals surface area contributed by atoms with Crippen molar-refractivity contribution in [1.29, 1.82) is 0 Å². The molecule has 0 radical (unpaired) electrons. The van der Waals surface area contributed by atoms with Crippen LogP contribution in [-0.4, -0.2) is 9.55 Å². The Morgan fingerprint density at radius 2 is 1.48 bits per heavy atom. The molecule has 3 aromatic carbocycles. The number of benzene rings is 3. The SMILES string of the molecule is O=c1c(CCc2ccccc2)nc2cc(Cl)ccc2n1Cc1ccccc1. The summed E-state index contributed by atoms with van der Waals surface area (Å²) in [5, 5.41) is 0.619. The van der Waals surface area contributed by atoms with Crippen molar-refractivity contribution in [2.75, 3.05) is 0 Å². The Morgan fingerprint density at radius 3 is 2.19 bits per heavy atom. The molecule has 1 aromatic heterocycles. The standard InChI is InChI=1S/C23H19ClN2O/c24-19-12-14-22-21(15-19)25-20(13-11-17-7-3-1-4-8-17)23(27)26(22)16-18-9-5-2-6-10-18/h1-10,12,14-15H,11,13,16H2. The topological polar surface area (TPSA) is 34.9 Å². The summed E-state index contributed by atoms with van der Waals surface area (Å²) >= 11 is 6.17. The Labute approximate surface area is 162 Å². The van der Waals surface area contributed by atoms with E-state index in [1.165, 1.54) is 5.56 Å². The van der Waals surface area contributed by atoms with Gasteiger partial charge in [-0.15, -0.1) is 0 Å². The fourth-order valence-electron chi connectivity index (χ4n) is 3.27. The zero-order chi connectivity index (χ0) is 18.6. The summed E-state index contributed by atoms with van der Waals surface area (Å²) in [6.45, 7) is 0.513. The van der Waals surface area contributed by atoms with E-state index in [0.29, 0.717) is 23.7 Å². The first-order chi connectivity index (χ1) is 13.2. The van der Waals surface area contributed by atoms with Gasteiger partial charge in [0.2, 0.25) is 0 Å². The van der Waals surface area contributed by atoms with E-state index < -0.39 is 0 Å². The summed E-state index contributed by atoms with van der Waals surface area (Å²) < 4.78 is 1.80. The third-order valence-corrected chi connectivity index (χ3v) is 4.89. The molecule has 0 bridgehead atoms. The maximum atomic E-state index is 13.2.